The molecule has 0 unspecified atom stereocenters. The molecule has 1 rings (SSSR count). The molecule has 0 fully saturated rings. The van der Waals surface area contributed by atoms with E-state index in [1.54, 1.807) is 12.1 Å². The third-order valence-corrected chi connectivity index (χ3v) is 1.96. The van der Waals surface area contributed by atoms with Crippen LogP contribution in [0.4, 0.5) is 0 Å². The van der Waals surface area contributed by atoms with Gasteiger partial charge in [-0.1, -0.05) is 32.0 Å². The first kappa shape index (κ1) is 17.2. The van der Waals surface area contributed by atoms with Gasteiger partial charge in [-0.2, -0.15) is 0 Å². The van der Waals surface area contributed by atoms with Crippen molar-refractivity contribution >= 4 is 11.9 Å². The van der Waals surface area contributed by atoms with Crippen LogP contribution in [0.3, 0.4) is 0 Å². The van der Waals surface area contributed by atoms with Crippen LogP contribution in [-0.2, 0) is 14.3 Å². The van der Waals surface area contributed by atoms with Crippen molar-refractivity contribution < 1.29 is 19.1 Å². The molecule has 19 heavy (non-hydrogen) atoms. The number of benzene rings is 1. The molecule has 1 aromatic rings. The van der Waals surface area contributed by atoms with E-state index >= 15 is 0 Å². The second kappa shape index (κ2) is 11.3. The molecule has 1 aromatic carbocycles. The molecule has 0 bridgehead atoms. The van der Waals surface area contributed by atoms with E-state index < -0.39 is 0 Å². The van der Waals surface area contributed by atoms with Gasteiger partial charge in [-0.05, 0) is 25.0 Å². The summed E-state index contributed by atoms with van der Waals surface area (Å²) in [6, 6.07) is 9.01. The number of rotatable bonds is 5. The predicted molar refractivity (Wildman–Crippen MR) is 73.9 cm³/mol. The van der Waals surface area contributed by atoms with Gasteiger partial charge in [-0.3, -0.25) is 4.79 Å². The maximum absolute atomic E-state index is 11.2. The molecule has 0 heterocycles. The maximum Gasteiger partial charge on any atom is 0.338 e. The van der Waals surface area contributed by atoms with Gasteiger partial charge in [0.1, 0.15) is 0 Å². The van der Waals surface area contributed by atoms with Gasteiger partial charge >= 0.3 is 11.9 Å². The van der Waals surface area contributed by atoms with Gasteiger partial charge in [0, 0.05) is 6.92 Å². The molecule has 0 aliphatic rings. The van der Waals surface area contributed by atoms with E-state index in [0.717, 1.165) is 12.8 Å². The lowest BCUT2D eigenvalue weighted by Crippen LogP contribution is -2.05. The summed E-state index contributed by atoms with van der Waals surface area (Å²) in [5.74, 6) is -0.431. The van der Waals surface area contributed by atoms with Gasteiger partial charge in [-0.15, -0.1) is 0 Å². The van der Waals surface area contributed by atoms with Crippen LogP contribution in [0, 0.1) is 0 Å². The number of hydrogen-bond donors (Lipinski definition) is 0. The lowest BCUT2D eigenvalue weighted by molar-refractivity contribution is -0.140. The van der Waals surface area contributed by atoms with Crippen LogP contribution in [0.1, 0.15) is 44.0 Å². The van der Waals surface area contributed by atoms with Crippen molar-refractivity contribution in [2.45, 2.75) is 33.6 Å². The van der Waals surface area contributed by atoms with E-state index in [1.807, 2.05) is 32.0 Å². The highest BCUT2D eigenvalue weighted by Gasteiger charge is 2.03. The summed E-state index contributed by atoms with van der Waals surface area (Å²) in [7, 11) is 0. The average molecular weight is 266 g/mol. The molecule has 0 saturated heterocycles. The summed E-state index contributed by atoms with van der Waals surface area (Å²) in [6.07, 6.45) is 1.76. The zero-order chi connectivity index (χ0) is 14.5. The highest BCUT2D eigenvalue weighted by Crippen LogP contribution is 2.00. The van der Waals surface area contributed by atoms with Gasteiger partial charge < -0.3 is 9.47 Å². The Bertz CT molecular complexity index is 360. The zero-order valence-electron chi connectivity index (χ0n) is 11.8. The minimum absolute atomic E-state index is 0.193. The standard InChI is InChI=1S/C10H12O2.C5H10O2/c1-2-8-12-10(11)9-6-4-3-5-7-9;1-3-4-7-5(2)6/h3-7H,2,8H2,1H3;3-4H2,1-2H3. The fourth-order valence-corrected chi connectivity index (χ4v) is 1.10. The Labute approximate surface area is 114 Å². The Morgan fingerprint density at radius 1 is 0.947 bits per heavy atom. The van der Waals surface area contributed by atoms with E-state index in [0.29, 0.717) is 18.8 Å². The minimum Gasteiger partial charge on any atom is -0.466 e. The summed E-state index contributed by atoms with van der Waals surface area (Å²) in [5.41, 5.74) is 0.617. The normalized spacial score (nSPS) is 9.00. The van der Waals surface area contributed by atoms with Crippen LogP contribution in [0.25, 0.3) is 0 Å². The van der Waals surface area contributed by atoms with E-state index in [4.69, 9.17) is 4.74 Å². The largest absolute Gasteiger partial charge is 0.466 e. The number of carbonyl (C=O) groups is 2. The number of ether oxygens (including phenoxy) is 2. The smallest absolute Gasteiger partial charge is 0.338 e. The Kier molecular flexibility index (Phi) is 10.2. The molecule has 0 aliphatic carbocycles. The van der Waals surface area contributed by atoms with Gasteiger partial charge in [0.05, 0.1) is 18.8 Å². The van der Waals surface area contributed by atoms with Crippen LogP contribution in [0.15, 0.2) is 30.3 Å². The van der Waals surface area contributed by atoms with Crippen molar-refractivity contribution in [1.29, 1.82) is 0 Å². The molecule has 0 N–H and O–H groups in total. The second-order valence-electron chi connectivity index (χ2n) is 3.84. The van der Waals surface area contributed by atoms with Gasteiger partial charge in [0.2, 0.25) is 0 Å². The van der Waals surface area contributed by atoms with E-state index in [9.17, 15) is 9.59 Å². The Morgan fingerprint density at radius 2 is 1.47 bits per heavy atom. The fraction of sp³-hybridized carbons (Fsp3) is 0.467. The third-order valence-electron chi connectivity index (χ3n) is 1.96. The molecular formula is C15H22O4. The molecular weight excluding hydrogens is 244 g/mol. The van der Waals surface area contributed by atoms with Crippen LogP contribution < -0.4 is 0 Å². The molecule has 0 spiro atoms. The average Bonchev–Trinajstić information content (AvgIpc) is 2.44. The van der Waals surface area contributed by atoms with Crippen LogP contribution in [-0.4, -0.2) is 25.2 Å². The van der Waals surface area contributed by atoms with Gasteiger partial charge in [0.25, 0.3) is 0 Å². The Balaban J connectivity index is 0.000000399. The van der Waals surface area contributed by atoms with Crippen molar-refractivity contribution in [1.82, 2.24) is 0 Å². The van der Waals surface area contributed by atoms with Crippen molar-refractivity contribution in [3.63, 3.8) is 0 Å². The number of esters is 2. The molecule has 0 aromatic heterocycles. The van der Waals surface area contributed by atoms with Crippen molar-refractivity contribution in [2.75, 3.05) is 13.2 Å². The van der Waals surface area contributed by atoms with Crippen molar-refractivity contribution in [2.24, 2.45) is 0 Å². The SMILES string of the molecule is CCCOC(=O)c1ccccc1.CCCOC(C)=O. The highest BCUT2D eigenvalue weighted by atomic mass is 16.5. The lowest BCUT2D eigenvalue weighted by Gasteiger charge is -2.01. The van der Waals surface area contributed by atoms with Crippen molar-refractivity contribution in [3.05, 3.63) is 35.9 Å². The lowest BCUT2D eigenvalue weighted by atomic mass is 10.2. The topological polar surface area (TPSA) is 52.6 Å². The van der Waals surface area contributed by atoms with E-state index in [1.165, 1.54) is 6.92 Å². The summed E-state index contributed by atoms with van der Waals surface area (Å²) in [4.78, 5) is 21.2. The number of carbonyl (C=O) groups excluding carboxylic acids is 2. The molecule has 0 saturated carbocycles. The predicted octanol–water partition coefficient (Wildman–Crippen LogP) is 3.21. The van der Waals surface area contributed by atoms with Crippen LogP contribution in [0.2, 0.25) is 0 Å². The monoisotopic (exact) mass is 266 g/mol. The van der Waals surface area contributed by atoms with E-state index in [-0.39, 0.29) is 11.9 Å². The van der Waals surface area contributed by atoms with Crippen LogP contribution in [0.5, 0.6) is 0 Å². The maximum atomic E-state index is 11.2. The zero-order valence-corrected chi connectivity index (χ0v) is 11.8. The van der Waals surface area contributed by atoms with Crippen LogP contribution >= 0.6 is 0 Å². The Hall–Kier alpha value is -1.84. The summed E-state index contributed by atoms with van der Waals surface area (Å²) >= 11 is 0. The molecule has 106 valence electrons. The van der Waals surface area contributed by atoms with Gasteiger partial charge in [0.15, 0.2) is 0 Å². The first-order valence-electron chi connectivity index (χ1n) is 6.47. The molecule has 0 amide bonds. The summed E-state index contributed by atoms with van der Waals surface area (Å²) in [5, 5.41) is 0. The first-order valence-corrected chi connectivity index (χ1v) is 6.47. The number of hydrogen-bond acceptors (Lipinski definition) is 4. The minimum atomic E-state index is -0.238. The summed E-state index contributed by atoms with van der Waals surface area (Å²) < 4.78 is 9.49. The van der Waals surface area contributed by atoms with Crippen molar-refractivity contribution in [3.8, 4) is 0 Å². The second-order valence-corrected chi connectivity index (χ2v) is 3.84. The first-order chi connectivity index (χ1) is 9.11. The molecule has 4 nitrogen and oxygen atoms in total. The molecule has 0 atom stereocenters. The third kappa shape index (κ3) is 9.83. The van der Waals surface area contributed by atoms with Gasteiger partial charge in [-0.25, -0.2) is 4.79 Å². The Morgan fingerprint density at radius 3 is 1.89 bits per heavy atom. The molecule has 0 aliphatic heterocycles. The quantitative estimate of drug-likeness (QED) is 0.768. The fourth-order valence-electron chi connectivity index (χ4n) is 1.10. The highest BCUT2D eigenvalue weighted by molar-refractivity contribution is 5.89. The van der Waals surface area contributed by atoms with E-state index in [2.05, 4.69) is 4.74 Å². The molecule has 4 heteroatoms. The molecule has 0 radical (unpaired) electrons. The summed E-state index contributed by atoms with van der Waals surface area (Å²) in [6.45, 7) is 6.39.